The number of pyridine rings is 1. The smallest absolute Gasteiger partial charge is 0.407 e. The van der Waals surface area contributed by atoms with Crippen molar-refractivity contribution in [2.24, 2.45) is 0 Å². The highest BCUT2D eigenvalue weighted by molar-refractivity contribution is 5.77. The first-order valence-electron chi connectivity index (χ1n) is 9.92. The zero-order valence-electron chi connectivity index (χ0n) is 18.3. The summed E-state index contributed by atoms with van der Waals surface area (Å²) in [4.78, 5) is 31.0. The fourth-order valence-electron chi connectivity index (χ4n) is 3.00. The van der Waals surface area contributed by atoms with Crippen molar-refractivity contribution < 1.29 is 19.1 Å². The van der Waals surface area contributed by atoms with Crippen LogP contribution in [0.4, 0.5) is 4.79 Å². The van der Waals surface area contributed by atoms with Gasteiger partial charge in [0.05, 0.1) is 24.3 Å². The number of hydrogen-bond donors (Lipinski definition) is 1. The number of rotatable bonds is 8. The van der Waals surface area contributed by atoms with Gasteiger partial charge in [-0.1, -0.05) is 36.4 Å². The van der Waals surface area contributed by atoms with Crippen molar-refractivity contribution in [3.8, 4) is 0 Å². The van der Waals surface area contributed by atoms with Gasteiger partial charge in [-0.3, -0.25) is 9.78 Å². The molecule has 0 fully saturated rings. The van der Waals surface area contributed by atoms with Crippen LogP contribution in [-0.2, 0) is 14.3 Å². The van der Waals surface area contributed by atoms with E-state index >= 15 is 0 Å². The summed E-state index contributed by atoms with van der Waals surface area (Å²) in [5, 5.41) is 2.66. The molecule has 0 spiro atoms. The number of benzene rings is 1. The molecule has 2 amide bonds. The van der Waals surface area contributed by atoms with Crippen molar-refractivity contribution in [2.75, 3.05) is 20.7 Å². The SMILES string of the molecule is COC(CNC(=O)OC(C)(C)C)CC(=O)N(C)C(c1ccccc1)c1ccccn1. The normalized spacial score (nSPS) is 13.2. The molecule has 7 heteroatoms. The Bertz CT molecular complexity index is 767. The molecule has 0 bridgehead atoms. The number of alkyl carbamates (subject to hydrolysis) is 1. The Morgan fingerprint density at radius 3 is 2.33 bits per heavy atom. The fraction of sp³-hybridized carbons (Fsp3) is 0.435. The minimum atomic E-state index is -0.589. The first kappa shape index (κ1) is 23.3. The van der Waals surface area contributed by atoms with Crippen molar-refractivity contribution in [1.29, 1.82) is 0 Å². The maximum atomic E-state index is 13.0. The van der Waals surface area contributed by atoms with Gasteiger partial charge in [-0.25, -0.2) is 4.79 Å². The molecule has 0 saturated heterocycles. The van der Waals surface area contributed by atoms with Gasteiger partial charge >= 0.3 is 6.09 Å². The lowest BCUT2D eigenvalue weighted by molar-refractivity contribution is -0.134. The van der Waals surface area contributed by atoms with Gasteiger partial charge in [0.2, 0.25) is 5.91 Å². The van der Waals surface area contributed by atoms with Crippen LogP contribution in [0.2, 0.25) is 0 Å². The monoisotopic (exact) mass is 413 g/mol. The van der Waals surface area contributed by atoms with E-state index in [1.54, 1.807) is 38.9 Å². The van der Waals surface area contributed by atoms with Crippen LogP contribution in [-0.4, -0.2) is 54.3 Å². The molecule has 0 radical (unpaired) electrons. The van der Waals surface area contributed by atoms with E-state index in [0.29, 0.717) is 0 Å². The van der Waals surface area contributed by atoms with Crippen molar-refractivity contribution >= 4 is 12.0 Å². The van der Waals surface area contributed by atoms with Gasteiger partial charge < -0.3 is 19.7 Å². The fourth-order valence-corrected chi connectivity index (χ4v) is 3.00. The second-order valence-electron chi connectivity index (χ2n) is 8.02. The largest absolute Gasteiger partial charge is 0.444 e. The van der Waals surface area contributed by atoms with Crippen LogP contribution < -0.4 is 5.32 Å². The molecule has 0 saturated carbocycles. The molecule has 2 rings (SSSR count). The number of methoxy groups -OCH3 is 1. The Hall–Kier alpha value is -2.93. The molecule has 2 aromatic rings. The van der Waals surface area contributed by atoms with Crippen molar-refractivity contribution in [3.05, 3.63) is 66.0 Å². The molecule has 1 aromatic carbocycles. The van der Waals surface area contributed by atoms with Gasteiger partial charge in [0, 0.05) is 26.9 Å². The van der Waals surface area contributed by atoms with Gasteiger partial charge in [0.1, 0.15) is 5.60 Å². The summed E-state index contributed by atoms with van der Waals surface area (Å²) in [7, 11) is 3.27. The molecule has 1 aromatic heterocycles. The van der Waals surface area contributed by atoms with Crippen LogP contribution in [0.5, 0.6) is 0 Å². The Kier molecular flexibility index (Phi) is 8.35. The lowest BCUT2D eigenvalue weighted by Crippen LogP contribution is -2.40. The summed E-state index contributed by atoms with van der Waals surface area (Å²) in [5.41, 5.74) is 1.15. The highest BCUT2D eigenvalue weighted by Gasteiger charge is 2.27. The van der Waals surface area contributed by atoms with Crippen LogP contribution in [0.25, 0.3) is 0 Å². The number of hydrogen-bond acceptors (Lipinski definition) is 5. The topological polar surface area (TPSA) is 80.8 Å². The molecular weight excluding hydrogens is 382 g/mol. The molecule has 0 aliphatic heterocycles. The zero-order chi connectivity index (χ0) is 22.1. The maximum absolute atomic E-state index is 13.0. The van der Waals surface area contributed by atoms with E-state index in [1.165, 1.54) is 7.11 Å². The van der Waals surface area contributed by atoms with E-state index in [1.807, 2.05) is 48.5 Å². The molecule has 2 atom stereocenters. The van der Waals surface area contributed by atoms with Gasteiger partial charge in [0.25, 0.3) is 0 Å². The van der Waals surface area contributed by atoms with E-state index in [4.69, 9.17) is 9.47 Å². The summed E-state index contributed by atoms with van der Waals surface area (Å²) in [6.07, 6.45) is 0.805. The quantitative estimate of drug-likeness (QED) is 0.716. The lowest BCUT2D eigenvalue weighted by atomic mass is 10.0. The molecule has 1 heterocycles. The number of carbonyl (C=O) groups excluding carboxylic acids is 2. The summed E-state index contributed by atoms with van der Waals surface area (Å²) < 4.78 is 10.6. The highest BCUT2D eigenvalue weighted by Crippen LogP contribution is 2.26. The predicted octanol–water partition coefficient (Wildman–Crippen LogP) is 3.56. The average Bonchev–Trinajstić information content (AvgIpc) is 2.71. The van der Waals surface area contributed by atoms with Gasteiger partial charge in [-0.05, 0) is 38.5 Å². The van der Waals surface area contributed by atoms with Crippen molar-refractivity contribution in [2.45, 2.75) is 44.9 Å². The molecule has 2 unspecified atom stereocenters. The second kappa shape index (κ2) is 10.7. The first-order chi connectivity index (χ1) is 14.2. The van der Waals surface area contributed by atoms with Gasteiger partial charge in [0.15, 0.2) is 0 Å². The minimum Gasteiger partial charge on any atom is -0.444 e. The van der Waals surface area contributed by atoms with E-state index in [0.717, 1.165) is 11.3 Å². The summed E-state index contributed by atoms with van der Waals surface area (Å²) in [6.45, 7) is 5.55. The maximum Gasteiger partial charge on any atom is 0.407 e. The Balaban J connectivity index is 2.08. The molecular formula is C23H31N3O4. The summed E-state index contributed by atoms with van der Waals surface area (Å²) >= 11 is 0. The zero-order valence-corrected chi connectivity index (χ0v) is 18.3. The van der Waals surface area contributed by atoms with Gasteiger partial charge in [-0.15, -0.1) is 0 Å². The number of amides is 2. The number of carbonyl (C=O) groups is 2. The van der Waals surface area contributed by atoms with Crippen LogP contribution in [0.3, 0.4) is 0 Å². The Morgan fingerprint density at radius 2 is 1.77 bits per heavy atom. The number of aromatic nitrogens is 1. The van der Waals surface area contributed by atoms with Crippen LogP contribution in [0.1, 0.15) is 44.5 Å². The summed E-state index contributed by atoms with van der Waals surface area (Å²) in [5.74, 6) is -0.118. The predicted molar refractivity (Wildman–Crippen MR) is 115 cm³/mol. The Morgan fingerprint density at radius 1 is 1.10 bits per heavy atom. The third-order valence-corrected chi connectivity index (χ3v) is 4.47. The number of nitrogens with one attached hydrogen (secondary N) is 1. The van der Waals surface area contributed by atoms with E-state index < -0.39 is 17.8 Å². The third kappa shape index (κ3) is 7.15. The van der Waals surface area contributed by atoms with Gasteiger partial charge in [-0.2, -0.15) is 0 Å². The molecule has 0 aliphatic carbocycles. The standard InChI is InChI=1S/C23H31N3O4/c1-23(2,3)30-22(28)25-16-18(29-5)15-20(27)26(4)21(17-11-7-6-8-12-17)19-13-9-10-14-24-19/h6-14,18,21H,15-16H2,1-5H3,(H,25,28). The van der Waals surface area contributed by atoms with Crippen LogP contribution in [0, 0.1) is 0 Å². The summed E-state index contributed by atoms with van der Waals surface area (Å²) in [6, 6.07) is 15.1. The molecule has 162 valence electrons. The molecule has 30 heavy (non-hydrogen) atoms. The van der Waals surface area contributed by atoms with Crippen LogP contribution in [0.15, 0.2) is 54.7 Å². The molecule has 7 nitrogen and oxygen atoms in total. The van der Waals surface area contributed by atoms with E-state index in [-0.39, 0.29) is 24.9 Å². The lowest BCUT2D eigenvalue weighted by Gasteiger charge is -2.29. The van der Waals surface area contributed by atoms with E-state index in [2.05, 4.69) is 10.3 Å². The average molecular weight is 414 g/mol. The third-order valence-electron chi connectivity index (χ3n) is 4.47. The molecule has 1 N–H and O–H groups in total. The number of ether oxygens (including phenoxy) is 2. The second-order valence-corrected chi connectivity index (χ2v) is 8.02. The highest BCUT2D eigenvalue weighted by atomic mass is 16.6. The Labute approximate surface area is 178 Å². The minimum absolute atomic E-state index is 0.110. The van der Waals surface area contributed by atoms with E-state index in [9.17, 15) is 9.59 Å². The number of nitrogens with zero attached hydrogens (tertiary/aromatic N) is 2. The van der Waals surface area contributed by atoms with Crippen molar-refractivity contribution in [1.82, 2.24) is 15.2 Å². The first-order valence-corrected chi connectivity index (χ1v) is 9.92. The van der Waals surface area contributed by atoms with Crippen LogP contribution >= 0.6 is 0 Å². The van der Waals surface area contributed by atoms with Crippen molar-refractivity contribution in [3.63, 3.8) is 0 Å². The molecule has 0 aliphatic rings.